The van der Waals surface area contributed by atoms with Crippen molar-refractivity contribution in [1.82, 2.24) is 9.80 Å². The first-order chi connectivity index (χ1) is 19.0. The first kappa shape index (κ1) is 30.0. The number of fused-ring (bicyclic) bond motifs is 1. The molecule has 3 amide bonds. The topological polar surface area (TPSA) is 90.4 Å². The number of anilines is 1. The predicted octanol–water partition coefficient (Wildman–Crippen LogP) is 3.80. The fourth-order valence-corrected chi connectivity index (χ4v) is 7.27. The number of hydrogen-bond donors (Lipinski definition) is 1. The Morgan fingerprint density at radius 2 is 1.77 bits per heavy atom. The van der Waals surface area contributed by atoms with Gasteiger partial charge in [0.15, 0.2) is 0 Å². The van der Waals surface area contributed by atoms with Gasteiger partial charge in [-0.15, -0.1) is 13.2 Å². The van der Waals surface area contributed by atoms with E-state index in [2.05, 4.69) is 13.2 Å². The molecular formula is C32H45N3O5. The summed E-state index contributed by atoms with van der Waals surface area (Å²) in [6.07, 6.45) is 5.11. The van der Waals surface area contributed by atoms with Crippen LogP contribution in [0.2, 0.25) is 0 Å². The average molecular weight is 552 g/mol. The van der Waals surface area contributed by atoms with Crippen LogP contribution in [0.1, 0.15) is 53.9 Å². The molecule has 0 aliphatic carbocycles. The molecular weight excluding hydrogens is 506 g/mol. The van der Waals surface area contributed by atoms with Gasteiger partial charge in [-0.2, -0.15) is 0 Å². The van der Waals surface area contributed by atoms with Gasteiger partial charge in [-0.3, -0.25) is 14.4 Å². The number of para-hydroxylation sites is 1. The normalized spacial score (nSPS) is 30.2. The van der Waals surface area contributed by atoms with E-state index in [1.807, 2.05) is 65.0 Å². The standard InChI is InChI=1S/C32H45N3O5/c1-8-18-33(21(4)5)30(39)27-32-17-16-31(7,40-32)25(26(32)29(38)35(27)24(20-36)22(6)10-3)28(37)34(19-9-2)23-14-12-11-13-15-23/h8-9,11-15,21-22,24-27,36H,1-2,10,16-20H2,3-7H3/t22-,24-,25+,26-,27?,31-,32?/m0/s1. The third kappa shape index (κ3) is 4.59. The summed E-state index contributed by atoms with van der Waals surface area (Å²) in [5, 5.41) is 10.6. The van der Waals surface area contributed by atoms with Crippen molar-refractivity contribution in [3.63, 3.8) is 0 Å². The van der Waals surface area contributed by atoms with Crippen LogP contribution in [0, 0.1) is 17.8 Å². The smallest absolute Gasteiger partial charge is 0.248 e. The van der Waals surface area contributed by atoms with Gasteiger partial charge in [0.1, 0.15) is 11.6 Å². The Morgan fingerprint density at radius 1 is 1.12 bits per heavy atom. The molecule has 8 heteroatoms. The van der Waals surface area contributed by atoms with E-state index < -0.39 is 35.1 Å². The number of aliphatic hydroxyl groups excluding tert-OH is 1. The maximum Gasteiger partial charge on any atom is 0.248 e. The number of aliphatic hydroxyl groups is 1. The summed E-state index contributed by atoms with van der Waals surface area (Å²) in [6.45, 7) is 17.8. The second-order valence-electron chi connectivity index (χ2n) is 12.1. The molecule has 40 heavy (non-hydrogen) atoms. The van der Waals surface area contributed by atoms with Crippen LogP contribution in [-0.2, 0) is 19.1 Å². The molecule has 2 bridgehead atoms. The molecule has 0 aromatic heterocycles. The zero-order valence-corrected chi connectivity index (χ0v) is 24.6. The predicted molar refractivity (Wildman–Crippen MR) is 155 cm³/mol. The highest BCUT2D eigenvalue weighted by molar-refractivity contribution is 6.03. The summed E-state index contributed by atoms with van der Waals surface area (Å²) in [5.41, 5.74) is -1.34. The number of likely N-dealkylation sites (tertiary alicyclic amines) is 1. The summed E-state index contributed by atoms with van der Waals surface area (Å²) >= 11 is 0. The lowest BCUT2D eigenvalue weighted by Crippen LogP contribution is -2.60. The summed E-state index contributed by atoms with van der Waals surface area (Å²) in [7, 11) is 0. The summed E-state index contributed by atoms with van der Waals surface area (Å²) in [5.74, 6) is -2.39. The molecule has 1 aromatic carbocycles. The summed E-state index contributed by atoms with van der Waals surface area (Å²) < 4.78 is 6.83. The van der Waals surface area contributed by atoms with Crippen LogP contribution in [0.4, 0.5) is 5.69 Å². The molecule has 7 atom stereocenters. The Kier molecular flexibility index (Phi) is 8.62. The molecule has 218 valence electrons. The van der Waals surface area contributed by atoms with E-state index in [0.29, 0.717) is 25.1 Å². The number of carbonyl (C=O) groups is 3. The molecule has 1 aromatic rings. The van der Waals surface area contributed by atoms with Gasteiger partial charge in [0.05, 0.1) is 30.1 Å². The molecule has 3 heterocycles. The fraction of sp³-hybridized carbons (Fsp3) is 0.594. The zero-order valence-electron chi connectivity index (χ0n) is 24.6. The number of rotatable bonds is 12. The Hall–Kier alpha value is -2.97. The van der Waals surface area contributed by atoms with Gasteiger partial charge in [0, 0.05) is 24.8 Å². The van der Waals surface area contributed by atoms with E-state index in [9.17, 15) is 19.5 Å². The maximum atomic E-state index is 14.6. The number of carbonyl (C=O) groups excluding carboxylic acids is 3. The van der Waals surface area contributed by atoms with Crippen molar-refractivity contribution in [3.8, 4) is 0 Å². The first-order valence-corrected chi connectivity index (χ1v) is 14.5. The number of ether oxygens (including phenoxy) is 1. The molecule has 1 N–H and O–H groups in total. The quantitative estimate of drug-likeness (QED) is 0.399. The van der Waals surface area contributed by atoms with Crippen molar-refractivity contribution in [2.75, 3.05) is 24.6 Å². The van der Waals surface area contributed by atoms with Crippen LogP contribution in [0.25, 0.3) is 0 Å². The highest BCUT2D eigenvalue weighted by Gasteiger charge is 2.79. The second kappa shape index (κ2) is 11.5. The second-order valence-corrected chi connectivity index (χ2v) is 12.1. The zero-order chi connectivity index (χ0) is 29.4. The highest BCUT2D eigenvalue weighted by atomic mass is 16.5. The molecule has 3 fully saturated rings. The lowest BCUT2D eigenvalue weighted by molar-refractivity contribution is -0.157. The Morgan fingerprint density at radius 3 is 2.33 bits per heavy atom. The lowest BCUT2D eigenvalue weighted by atomic mass is 9.66. The van der Waals surface area contributed by atoms with Crippen LogP contribution in [0.15, 0.2) is 55.6 Å². The van der Waals surface area contributed by atoms with Gasteiger partial charge in [-0.1, -0.05) is 50.6 Å². The minimum absolute atomic E-state index is 0.0603. The summed E-state index contributed by atoms with van der Waals surface area (Å²) in [4.78, 5) is 48.4. The number of nitrogens with zero attached hydrogens (tertiary/aromatic N) is 3. The van der Waals surface area contributed by atoms with Gasteiger partial charge in [-0.25, -0.2) is 0 Å². The van der Waals surface area contributed by atoms with Crippen molar-refractivity contribution < 1.29 is 24.2 Å². The Labute approximate surface area is 238 Å². The average Bonchev–Trinajstić information content (AvgIpc) is 3.51. The maximum absolute atomic E-state index is 14.6. The molecule has 4 rings (SSSR count). The molecule has 3 aliphatic rings. The van der Waals surface area contributed by atoms with Crippen molar-refractivity contribution in [3.05, 3.63) is 55.6 Å². The first-order valence-electron chi connectivity index (χ1n) is 14.5. The Bertz CT molecular complexity index is 1140. The molecule has 2 unspecified atom stereocenters. The van der Waals surface area contributed by atoms with Crippen LogP contribution in [0.5, 0.6) is 0 Å². The van der Waals surface area contributed by atoms with Crippen LogP contribution < -0.4 is 4.90 Å². The van der Waals surface area contributed by atoms with Crippen LogP contribution >= 0.6 is 0 Å². The van der Waals surface area contributed by atoms with E-state index in [0.717, 1.165) is 6.42 Å². The van der Waals surface area contributed by atoms with Crippen molar-refractivity contribution in [1.29, 1.82) is 0 Å². The largest absolute Gasteiger partial charge is 0.394 e. The highest BCUT2D eigenvalue weighted by Crippen LogP contribution is 2.64. The molecule has 1 spiro atoms. The van der Waals surface area contributed by atoms with Gasteiger partial charge < -0.3 is 24.5 Å². The van der Waals surface area contributed by atoms with E-state index in [1.54, 1.807) is 26.9 Å². The van der Waals surface area contributed by atoms with Crippen LogP contribution in [-0.4, -0.2) is 81.7 Å². The van der Waals surface area contributed by atoms with Crippen molar-refractivity contribution in [2.24, 2.45) is 17.8 Å². The Balaban J connectivity index is 1.86. The third-order valence-electron chi connectivity index (χ3n) is 9.44. The number of amides is 3. The minimum atomic E-state index is -1.16. The van der Waals surface area contributed by atoms with Crippen molar-refractivity contribution in [2.45, 2.75) is 83.2 Å². The van der Waals surface area contributed by atoms with Gasteiger partial charge >= 0.3 is 0 Å². The van der Waals surface area contributed by atoms with E-state index in [-0.39, 0.29) is 42.8 Å². The van der Waals surface area contributed by atoms with Gasteiger partial charge in [-0.05, 0) is 51.7 Å². The SMILES string of the molecule is C=CCN(C(=O)[C@H]1[C@H]2C(=O)N([C@@H](CO)[C@@H](C)CC)C(C(=O)N(CC=C)C(C)C)C23CC[C@]1(C)O3)c1ccccc1. The van der Waals surface area contributed by atoms with Gasteiger partial charge in [0.2, 0.25) is 17.7 Å². The van der Waals surface area contributed by atoms with Crippen LogP contribution in [0.3, 0.4) is 0 Å². The van der Waals surface area contributed by atoms with E-state index in [1.165, 1.54) is 0 Å². The minimum Gasteiger partial charge on any atom is -0.394 e. The number of benzene rings is 1. The molecule has 0 radical (unpaired) electrons. The molecule has 8 nitrogen and oxygen atoms in total. The summed E-state index contributed by atoms with van der Waals surface area (Å²) in [6, 6.07) is 7.70. The van der Waals surface area contributed by atoms with E-state index >= 15 is 0 Å². The molecule has 3 saturated heterocycles. The molecule has 3 aliphatic heterocycles. The van der Waals surface area contributed by atoms with Gasteiger partial charge in [0.25, 0.3) is 0 Å². The fourth-order valence-electron chi connectivity index (χ4n) is 7.27. The lowest BCUT2D eigenvalue weighted by Gasteiger charge is -2.42. The van der Waals surface area contributed by atoms with Crippen molar-refractivity contribution >= 4 is 23.4 Å². The molecule has 0 saturated carbocycles. The third-order valence-corrected chi connectivity index (χ3v) is 9.44. The monoisotopic (exact) mass is 551 g/mol. The van der Waals surface area contributed by atoms with E-state index in [4.69, 9.17) is 4.74 Å². The number of hydrogen-bond acceptors (Lipinski definition) is 5.